The molecule has 0 aliphatic carbocycles. The summed E-state index contributed by atoms with van der Waals surface area (Å²) in [4.78, 5) is 4.00. The van der Waals surface area contributed by atoms with Gasteiger partial charge in [0.2, 0.25) is 0 Å². The Kier molecular flexibility index (Phi) is 2.59. The van der Waals surface area contributed by atoms with Crippen molar-refractivity contribution in [2.45, 2.75) is 5.75 Å². The lowest BCUT2D eigenvalue weighted by Crippen LogP contribution is -1.96. The van der Waals surface area contributed by atoms with Gasteiger partial charge in [0.05, 0.1) is 23.3 Å². The van der Waals surface area contributed by atoms with Gasteiger partial charge in [0.1, 0.15) is 0 Å². The highest BCUT2D eigenvalue weighted by Gasteiger charge is 1.95. The summed E-state index contributed by atoms with van der Waals surface area (Å²) in [6.45, 7) is 0. The molecule has 60 valence electrons. The normalized spacial score (nSPS) is 12.8. The van der Waals surface area contributed by atoms with Crippen LogP contribution in [0.3, 0.4) is 0 Å². The zero-order valence-corrected chi connectivity index (χ0v) is 7.10. The van der Waals surface area contributed by atoms with Gasteiger partial charge in [0.25, 0.3) is 0 Å². The molecule has 4 heteroatoms. The van der Waals surface area contributed by atoms with Gasteiger partial charge < -0.3 is 5.73 Å². The summed E-state index contributed by atoms with van der Waals surface area (Å²) < 4.78 is 10.7. The lowest BCUT2D eigenvalue weighted by molar-refractivity contribution is 0.686. The SMILES string of the molecule is CS(=O)Cc1ccc(N)cn1. The van der Waals surface area contributed by atoms with Gasteiger partial charge in [-0.25, -0.2) is 0 Å². The Bertz CT molecular complexity index is 258. The van der Waals surface area contributed by atoms with Crippen molar-refractivity contribution in [2.75, 3.05) is 12.0 Å². The third-order valence-corrected chi connectivity index (χ3v) is 1.90. The summed E-state index contributed by atoms with van der Waals surface area (Å²) in [7, 11) is -0.826. The smallest absolute Gasteiger partial charge is 0.0656 e. The van der Waals surface area contributed by atoms with E-state index in [1.54, 1.807) is 24.6 Å². The number of nitrogen functional groups attached to an aromatic ring is 1. The standard InChI is InChI=1S/C7H10N2OS/c1-11(10)5-7-3-2-6(8)4-9-7/h2-4H,5,8H2,1H3. The van der Waals surface area contributed by atoms with Gasteiger partial charge in [-0.1, -0.05) is 0 Å². The molecule has 1 unspecified atom stereocenters. The van der Waals surface area contributed by atoms with Crippen LogP contribution in [0.1, 0.15) is 5.69 Å². The molecule has 1 atom stereocenters. The zero-order valence-electron chi connectivity index (χ0n) is 6.28. The van der Waals surface area contributed by atoms with E-state index in [1.807, 2.05) is 0 Å². The molecule has 1 rings (SSSR count). The first-order valence-corrected chi connectivity index (χ1v) is 4.91. The summed E-state index contributed by atoms with van der Waals surface area (Å²) in [5, 5.41) is 0. The quantitative estimate of drug-likeness (QED) is 0.705. The van der Waals surface area contributed by atoms with Gasteiger partial charge in [-0.05, 0) is 12.1 Å². The zero-order chi connectivity index (χ0) is 8.27. The first kappa shape index (κ1) is 8.20. The van der Waals surface area contributed by atoms with Crippen molar-refractivity contribution >= 4 is 16.5 Å². The maximum absolute atomic E-state index is 10.7. The first-order chi connectivity index (χ1) is 5.18. The molecule has 1 aromatic heterocycles. The Morgan fingerprint density at radius 3 is 2.82 bits per heavy atom. The second-order valence-corrected chi connectivity index (χ2v) is 3.74. The molecular weight excluding hydrogens is 160 g/mol. The van der Waals surface area contributed by atoms with Crippen LogP contribution in [0.15, 0.2) is 18.3 Å². The van der Waals surface area contributed by atoms with Crippen LogP contribution in [0.2, 0.25) is 0 Å². The number of anilines is 1. The maximum atomic E-state index is 10.7. The molecule has 0 aromatic carbocycles. The minimum absolute atomic E-state index is 0.500. The molecule has 0 radical (unpaired) electrons. The van der Waals surface area contributed by atoms with Crippen molar-refractivity contribution < 1.29 is 4.21 Å². The Hall–Kier alpha value is -0.900. The van der Waals surface area contributed by atoms with Gasteiger partial charge in [-0.15, -0.1) is 0 Å². The minimum Gasteiger partial charge on any atom is -0.397 e. The summed E-state index contributed by atoms with van der Waals surface area (Å²) in [5.74, 6) is 0.500. The van der Waals surface area contributed by atoms with Crippen LogP contribution in [0, 0.1) is 0 Å². The summed E-state index contributed by atoms with van der Waals surface area (Å²) in [5.41, 5.74) is 6.87. The highest BCUT2D eigenvalue weighted by atomic mass is 32.2. The van der Waals surface area contributed by atoms with E-state index < -0.39 is 10.8 Å². The maximum Gasteiger partial charge on any atom is 0.0656 e. The average molecular weight is 170 g/mol. The average Bonchev–Trinajstić information content (AvgIpc) is 1.93. The number of aromatic nitrogens is 1. The monoisotopic (exact) mass is 170 g/mol. The third-order valence-electron chi connectivity index (χ3n) is 1.20. The predicted octanol–water partition coefficient (Wildman–Crippen LogP) is 0.542. The van der Waals surface area contributed by atoms with Crippen molar-refractivity contribution in [1.29, 1.82) is 0 Å². The highest BCUT2D eigenvalue weighted by Crippen LogP contribution is 2.02. The largest absolute Gasteiger partial charge is 0.397 e. The Labute approximate surface area is 68.1 Å². The molecule has 0 bridgehead atoms. The van der Waals surface area contributed by atoms with Gasteiger partial charge >= 0.3 is 0 Å². The molecule has 3 nitrogen and oxygen atoms in total. The van der Waals surface area contributed by atoms with Gasteiger partial charge in [0.15, 0.2) is 0 Å². The molecule has 0 aliphatic heterocycles. The number of hydrogen-bond donors (Lipinski definition) is 1. The third kappa shape index (κ3) is 2.67. The van der Waals surface area contributed by atoms with Crippen LogP contribution in [0.5, 0.6) is 0 Å². The fourth-order valence-corrected chi connectivity index (χ4v) is 1.32. The van der Waals surface area contributed by atoms with E-state index in [-0.39, 0.29) is 0 Å². The number of rotatable bonds is 2. The summed E-state index contributed by atoms with van der Waals surface area (Å²) in [6, 6.07) is 3.55. The van der Waals surface area contributed by atoms with Crippen molar-refractivity contribution in [3.63, 3.8) is 0 Å². The molecule has 1 aromatic rings. The first-order valence-electron chi connectivity index (χ1n) is 3.19. The van der Waals surface area contributed by atoms with Crippen molar-refractivity contribution in [1.82, 2.24) is 4.98 Å². The van der Waals surface area contributed by atoms with Crippen molar-refractivity contribution in [2.24, 2.45) is 0 Å². The Morgan fingerprint density at radius 2 is 2.36 bits per heavy atom. The van der Waals surface area contributed by atoms with E-state index >= 15 is 0 Å². The number of hydrogen-bond acceptors (Lipinski definition) is 3. The molecule has 0 spiro atoms. The van der Waals surface area contributed by atoms with E-state index in [4.69, 9.17) is 5.73 Å². The molecule has 2 N–H and O–H groups in total. The molecule has 0 fully saturated rings. The van der Waals surface area contributed by atoms with Crippen molar-refractivity contribution in [3.8, 4) is 0 Å². The predicted molar refractivity (Wildman–Crippen MR) is 46.4 cm³/mol. The van der Waals surface area contributed by atoms with Crippen LogP contribution in [0.4, 0.5) is 5.69 Å². The lowest BCUT2D eigenvalue weighted by Gasteiger charge is -1.96. The van der Waals surface area contributed by atoms with E-state index in [1.165, 1.54) is 0 Å². The van der Waals surface area contributed by atoms with E-state index in [9.17, 15) is 4.21 Å². The Morgan fingerprint density at radius 1 is 1.64 bits per heavy atom. The van der Waals surface area contributed by atoms with Crippen LogP contribution in [-0.2, 0) is 16.6 Å². The lowest BCUT2D eigenvalue weighted by atomic mass is 10.3. The molecule has 0 saturated heterocycles. The second-order valence-electron chi connectivity index (χ2n) is 2.30. The summed E-state index contributed by atoms with van der Waals surface area (Å²) >= 11 is 0. The molecular formula is C7H10N2OS. The number of pyridine rings is 1. The topological polar surface area (TPSA) is 56.0 Å². The molecule has 0 saturated carbocycles. The molecule has 0 aliphatic rings. The van der Waals surface area contributed by atoms with Gasteiger partial charge in [-0.2, -0.15) is 0 Å². The number of nitrogens with zero attached hydrogens (tertiary/aromatic N) is 1. The van der Waals surface area contributed by atoms with Crippen LogP contribution in [-0.4, -0.2) is 15.4 Å². The van der Waals surface area contributed by atoms with Crippen molar-refractivity contribution in [3.05, 3.63) is 24.0 Å². The van der Waals surface area contributed by atoms with Gasteiger partial charge in [-0.3, -0.25) is 9.19 Å². The van der Waals surface area contributed by atoms with E-state index in [0.717, 1.165) is 5.69 Å². The number of nitrogens with two attached hydrogens (primary N) is 1. The van der Waals surface area contributed by atoms with Crippen LogP contribution < -0.4 is 5.73 Å². The Balaban J connectivity index is 2.74. The summed E-state index contributed by atoms with van der Waals surface area (Å²) in [6.07, 6.45) is 3.22. The molecule has 0 amide bonds. The molecule has 11 heavy (non-hydrogen) atoms. The fourth-order valence-electron chi connectivity index (χ4n) is 0.730. The molecule has 1 heterocycles. The van der Waals surface area contributed by atoms with E-state index in [2.05, 4.69) is 4.98 Å². The van der Waals surface area contributed by atoms with Gasteiger partial charge in [0, 0.05) is 17.1 Å². The second kappa shape index (κ2) is 3.48. The van der Waals surface area contributed by atoms with E-state index in [0.29, 0.717) is 11.4 Å². The van der Waals surface area contributed by atoms with Crippen LogP contribution in [0.25, 0.3) is 0 Å². The fraction of sp³-hybridized carbons (Fsp3) is 0.286. The minimum atomic E-state index is -0.826. The van der Waals surface area contributed by atoms with Crippen LogP contribution >= 0.6 is 0 Å². The highest BCUT2D eigenvalue weighted by molar-refractivity contribution is 7.83.